The molecule has 0 fully saturated rings. The van der Waals surface area contributed by atoms with Crippen molar-refractivity contribution < 1.29 is 33.4 Å². The van der Waals surface area contributed by atoms with E-state index in [1.807, 2.05) is 32.0 Å². The van der Waals surface area contributed by atoms with Gasteiger partial charge in [0, 0.05) is 18.3 Å². The highest BCUT2D eigenvalue weighted by Crippen LogP contribution is 2.16. The van der Waals surface area contributed by atoms with E-state index in [0.717, 1.165) is 10.5 Å². The number of ketones is 1. The van der Waals surface area contributed by atoms with E-state index in [0.29, 0.717) is 17.7 Å². The summed E-state index contributed by atoms with van der Waals surface area (Å²) >= 11 is 0. The van der Waals surface area contributed by atoms with Gasteiger partial charge < -0.3 is 20.1 Å². The number of benzene rings is 2. The number of nitrogens with one attached hydrogen (secondary N) is 2. The molecule has 2 atom stereocenters. The fraction of sp³-hybridized carbons (Fsp3) is 0.452. The van der Waals surface area contributed by atoms with E-state index < -0.39 is 48.0 Å². The second kappa shape index (κ2) is 15.0. The Hall–Kier alpha value is -4.21. The molecule has 2 rings (SSSR count). The third-order valence-electron chi connectivity index (χ3n) is 5.95. The molecule has 2 aromatic carbocycles. The minimum atomic E-state index is -1.30. The molecule has 3 amide bonds. The summed E-state index contributed by atoms with van der Waals surface area (Å²) in [6.45, 7) is 10.3. The molecule has 0 heterocycles. The molecule has 0 bridgehead atoms. The van der Waals surface area contributed by atoms with Crippen molar-refractivity contribution in [1.82, 2.24) is 10.2 Å². The number of hydrogen-bond donors (Lipinski definition) is 2. The van der Waals surface area contributed by atoms with Crippen molar-refractivity contribution in [2.75, 3.05) is 12.4 Å². The molecular weight excluding hydrogens is 526 g/mol. The summed E-state index contributed by atoms with van der Waals surface area (Å²) < 4.78 is 10.8. The monoisotopic (exact) mass is 567 g/mol. The molecule has 0 saturated heterocycles. The first-order chi connectivity index (χ1) is 19.2. The molecule has 222 valence electrons. The number of likely N-dealkylation sites (N-methyl/N-ethyl adjacent to an activating group) is 1. The van der Waals surface area contributed by atoms with E-state index in [2.05, 4.69) is 10.6 Å². The molecule has 0 aliphatic heterocycles. The predicted octanol–water partition coefficient (Wildman–Crippen LogP) is 4.73. The molecular formula is C31H41N3O7. The minimum Gasteiger partial charge on any atom is -0.461 e. The van der Waals surface area contributed by atoms with Gasteiger partial charge in [0.25, 0.3) is 0 Å². The Morgan fingerprint density at radius 1 is 0.902 bits per heavy atom. The van der Waals surface area contributed by atoms with Gasteiger partial charge in [-0.05, 0) is 69.9 Å². The number of ether oxygens (including phenoxy) is 2. The van der Waals surface area contributed by atoms with Crippen molar-refractivity contribution >= 4 is 35.3 Å². The first-order valence-electron chi connectivity index (χ1n) is 13.5. The van der Waals surface area contributed by atoms with E-state index in [4.69, 9.17) is 9.47 Å². The Bertz CT molecular complexity index is 1200. The van der Waals surface area contributed by atoms with Gasteiger partial charge in [0.1, 0.15) is 24.3 Å². The number of carbonyl (C=O) groups excluding carboxylic acids is 5. The van der Waals surface area contributed by atoms with Gasteiger partial charge in [-0.25, -0.2) is 4.79 Å². The van der Waals surface area contributed by atoms with Crippen LogP contribution in [0.1, 0.15) is 70.3 Å². The molecule has 0 unspecified atom stereocenters. The van der Waals surface area contributed by atoms with Crippen LogP contribution in [0.4, 0.5) is 10.5 Å². The lowest BCUT2D eigenvalue weighted by molar-refractivity contribution is -0.148. The van der Waals surface area contributed by atoms with E-state index in [9.17, 15) is 24.0 Å². The molecule has 0 aliphatic carbocycles. The van der Waals surface area contributed by atoms with E-state index in [1.165, 1.54) is 14.0 Å². The maximum atomic E-state index is 13.5. The number of Topliss-reactive ketones (excluding diaryl/α,β-unsaturated/α-hetero) is 1. The van der Waals surface area contributed by atoms with Gasteiger partial charge in [-0.2, -0.15) is 0 Å². The van der Waals surface area contributed by atoms with E-state index in [1.54, 1.807) is 57.2 Å². The first-order valence-corrected chi connectivity index (χ1v) is 13.5. The van der Waals surface area contributed by atoms with Crippen LogP contribution in [0.3, 0.4) is 0 Å². The largest absolute Gasteiger partial charge is 0.461 e. The smallest absolute Gasteiger partial charge is 0.410 e. The van der Waals surface area contributed by atoms with Crippen LogP contribution in [0.2, 0.25) is 0 Å². The lowest BCUT2D eigenvalue weighted by atomic mass is 10.0. The SMILES string of the molecule is CC(=O)c1ccc(NC(=O)[C@H](CC(C)C)NC(=O)[C@@H](CC(=O)OCc2ccccc2)N(C)C(=O)OC(C)(C)C)cc1. The van der Waals surface area contributed by atoms with E-state index in [-0.39, 0.29) is 18.3 Å². The number of esters is 1. The summed E-state index contributed by atoms with van der Waals surface area (Å²) in [7, 11) is 1.36. The van der Waals surface area contributed by atoms with Crippen LogP contribution in [-0.2, 0) is 30.5 Å². The topological polar surface area (TPSA) is 131 Å². The van der Waals surface area contributed by atoms with E-state index >= 15 is 0 Å². The standard InChI is InChI=1S/C31H41N3O7/c1-20(2)17-25(28(37)32-24-15-13-23(14-16-24)21(3)35)33-29(38)26(34(7)30(39)41-31(4,5)6)18-27(36)40-19-22-11-9-8-10-12-22/h8-16,20,25-26H,17-19H2,1-7H3,(H,32,37)(H,33,38)/t25-,26+/m0/s1. The van der Waals surface area contributed by atoms with Gasteiger partial charge >= 0.3 is 12.1 Å². The maximum Gasteiger partial charge on any atom is 0.410 e. The highest BCUT2D eigenvalue weighted by atomic mass is 16.6. The highest BCUT2D eigenvalue weighted by molar-refractivity contribution is 5.99. The van der Waals surface area contributed by atoms with Crippen LogP contribution in [0.5, 0.6) is 0 Å². The molecule has 0 radical (unpaired) electrons. The fourth-order valence-corrected chi connectivity index (χ4v) is 3.81. The van der Waals surface area contributed by atoms with Crippen molar-refractivity contribution in [2.45, 2.75) is 78.7 Å². The Balaban J connectivity index is 2.22. The highest BCUT2D eigenvalue weighted by Gasteiger charge is 2.35. The number of hydrogen-bond acceptors (Lipinski definition) is 7. The molecule has 2 N–H and O–H groups in total. The molecule has 0 spiro atoms. The second-order valence-corrected chi connectivity index (χ2v) is 11.3. The first kappa shape index (κ1) is 33.0. The summed E-state index contributed by atoms with van der Waals surface area (Å²) in [5.41, 5.74) is 0.891. The lowest BCUT2D eigenvalue weighted by Gasteiger charge is -2.31. The summed E-state index contributed by atoms with van der Waals surface area (Å²) in [4.78, 5) is 65.0. The van der Waals surface area contributed by atoms with Crippen LogP contribution in [0.15, 0.2) is 54.6 Å². The van der Waals surface area contributed by atoms with Crippen molar-refractivity contribution in [2.24, 2.45) is 5.92 Å². The third-order valence-corrected chi connectivity index (χ3v) is 5.95. The zero-order valence-corrected chi connectivity index (χ0v) is 24.9. The molecule has 0 saturated carbocycles. The van der Waals surface area contributed by atoms with Crippen LogP contribution < -0.4 is 10.6 Å². The quantitative estimate of drug-likeness (QED) is 0.280. The third kappa shape index (κ3) is 11.4. The number of nitrogens with zero attached hydrogens (tertiary/aromatic N) is 1. The van der Waals surface area contributed by atoms with Crippen LogP contribution in [0.25, 0.3) is 0 Å². The zero-order valence-electron chi connectivity index (χ0n) is 24.9. The van der Waals surface area contributed by atoms with Gasteiger partial charge in [-0.3, -0.25) is 24.1 Å². The number of carbonyl (C=O) groups is 5. The molecule has 41 heavy (non-hydrogen) atoms. The lowest BCUT2D eigenvalue weighted by Crippen LogP contribution is -2.54. The van der Waals surface area contributed by atoms with Gasteiger partial charge in [0.2, 0.25) is 11.8 Å². The maximum absolute atomic E-state index is 13.5. The normalized spacial score (nSPS) is 12.6. The molecule has 0 aromatic heterocycles. The number of anilines is 1. The van der Waals surface area contributed by atoms with Gasteiger partial charge in [-0.1, -0.05) is 44.2 Å². The predicted molar refractivity (Wildman–Crippen MR) is 155 cm³/mol. The Kier molecular flexibility index (Phi) is 12.0. The van der Waals surface area contributed by atoms with Crippen molar-refractivity contribution in [3.05, 3.63) is 65.7 Å². The Labute approximate surface area is 241 Å². The number of amides is 3. The fourth-order valence-electron chi connectivity index (χ4n) is 3.81. The number of rotatable bonds is 12. The van der Waals surface area contributed by atoms with Gasteiger partial charge in [-0.15, -0.1) is 0 Å². The second-order valence-electron chi connectivity index (χ2n) is 11.3. The Morgan fingerprint density at radius 3 is 2.05 bits per heavy atom. The average Bonchev–Trinajstić information content (AvgIpc) is 2.89. The summed E-state index contributed by atoms with van der Waals surface area (Å²) in [6, 6.07) is 13.2. The zero-order chi connectivity index (χ0) is 30.7. The van der Waals surface area contributed by atoms with Gasteiger partial charge in [0.15, 0.2) is 5.78 Å². The summed E-state index contributed by atoms with van der Waals surface area (Å²) in [6.07, 6.45) is -0.953. The molecule has 2 aromatic rings. The molecule has 10 heteroatoms. The minimum absolute atomic E-state index is 0.00492. The van der Waals surface area contributed by atoms with Gasteiger partial charge in [0.05, 0.1) is 6.42 Å². The average molecular weight is 568 g/mol. The van der Waals surface area contributed by atoms with Crippen molar-refractivity contribution in [3.8, 4) is 0 Å². The summed E-state index contributed by atoms with van der Waals surface area (Å²) in [5, 5.41) is 5.47. The Morgan fingerprint density at radius 2 is 1.51 bits per heavy atom. The van der Waals surface area contributed by atoms with Crippen molar-refractivity contribution in [1.29, 1.82) is 0 Å². The van der Waals surface area contributed by atoms with Crippen LogP contribution in [-0.4, -0.2) is 59.3 Å². The van der Waals surface area contributed by atoms with Crippen LogP contribution >= 0.6 is 0 Å². The van der Waals surface area contributed by atoms with Crippen molar-refractivity contribution in [3.63, 3.8) is 0 Å². The summed E-state index contributed by atoms with van der Waals surface area (Å²) in [5.74, 6) is -1.95. The van der Waals surface area contributed by atoms with Crippen LogP contribution in [0, 0.1) is 5.92 Å². The molecule has 0 aliphatic rings. The molecule has 10 nitrogen and oxygen atoms in total.